The van der Waals surface area contributed by atoms with E-state index in [4.69, 9.17) is 4.74 Å². The van der Waals surface area contributed by atoms with Crippen LogP contribution in [0.5, 0.6) is 5.75 Å². The summed E-state index contributed by atoms with van der Waals surface area (Å²) in [6.07, 6.45) is 1.14. The fraction of sp³-hybridized carbons (Fsp3) is 0.684. The van der Waals surface area contributed by atoms with E-state index >= 15 is 0 Å². The minimum atomic E-state index is 0.195. The van der Waals surface area contributed by atoms with Crippen LogP contribution in [0.25, 0.3) is 0 Å². The van der Waals surface area contributed by atoms with E-state index in [1.165, 1.54) is 5.56 Å². The van der Waals surface area contributed by atoms with Gasteiger partial charge < -0.3 is 10.1 Å². The molecule has 0 aliphatic carbocycles. The summed E-state index contributed by atoms with van der Waals surface area (Å²) in [7, 11) is 0. The summed E-state index contributed by atoms with van der Waals surface area (Å²) in [5.74, 6) is 0.956. The van der Waals surface area contributed by atoms with Crippen LogP contribution < -0.4 is 10.1 Å². The van der Waals surface area contributed by atoms with Crippen molar-refractivity contribution in [3.8, 4) is 5.75 Å². The average Bonchev–Trinajstić information content (AvgIpc) is 2.42. The molecule has 120 valence electrons. The fourth-order valence-corrected chi connectivity index (χ4v) is 2.25. The molecule has 0 radical (unpaired) electrons. The summed E-state index contributed by atoms with van der Waals surface area (Å²) in [6.45, 7) is 17.3. The molecular weight excluding hydrogens is 258 g/mol. The van der Waals surface area contributed by atoms with Gasteiger partial charge in [0.15, 0.2) is 0 Å². The molecule has 0 saturated carbocycles. The van der Waals surface area contributed by atoms with Crippen LogP contribution in [0.3, 0.4) is 0 Å². The summed E-state index contributed by atoms with van der Waals surface area (Å²) in [5.41, 5.74) is 1.80. The zero-order valence-corrected chi connectivity index (χ0v) is 14.9. The van der Waals surface area contributed by atoms with Gasteiger partial charge in [0.25, 0.3) is 0 Å². The molecule has 2 heteroatoms. The van der Waals surface area contributed by atoms with Crippen LogP contribution in [-0.4, -0.2) is 19.2 Å². The molecule has 0 heterocycles. The van der Waals surface area contributed by atoms with Gasteiger partial charge in [-0.1, -0.05) is 60.6 Å². The highest BCUT2D eigenvalue weighted by Crippen LogP contribution is 2.28. The Kier molecular flexibility index (Phi) is 6.27. The maximum Gasteiger partial charge on any atom is 0.119 e. The van der Waals surface area contributed by atoms with Gasteiger partial charge in [-0.3, -0.25) is 0 Å². The highest BCUT2D eigenvalue weighted by Gasteiger charge is 2.24. The minimum absolute atomic E-state index is 0.195. The van der Waals surface area contributed by atoms with Crippen molar-refractivity contribution in [3.05, 3.63) is 29.8 Å². The molecule has 0 aliphatic rings. The van der Waals surface area contributed by atoms with Gasteiger partial charge in [0.05, 0.1) is 0 Å². The van der Waals surface area contributed by atoms with Crippen LogP contribution in [0.2, 0.25) is 0 Å². The first kappa shape index (κ1) is 18.0. The molecule has 1 rings (SSSR count). The van der Waals surface area contributed by atoms with Crippen LogP contribution >= 0.6 is 0 Å². The SMILES string of the molecule is CCNC(COc1ccc(C(C)(C)CC)cc1)C(C)(C)C. The van der Waals surface area contributed by atoms with E-state index < -0.39 is 0 Å². The highest BCUT2D eigenvalue weighted by molar-refractivity contribution is 5.31. The Morgan fingerprint density at radius 1 is 1.00 bits per heavy atom. The van der Waals surface area contributed by atoms with Gasteiger partial charge >= 0.3 is 0 Å². The van der Waals surface area contributed by atoms with Crippen molar-refractivity contribution < 1.29 is 4.74 Å². The van der Waals surface area contributed by atoms with E-state index in [9.17, 15) is 0 Å². The van der Waals surface area contributed by atoms with Crippen molar-refractivity contribution in [2.24, 2.45) is 5.41 Å². The third kappa shape index (κ3) is 5.35. The third-order valence-electron chi connectivity index (χ3n) is 4.43. The first-order chi connectivity index (χ1) is 9.70. The topological polar surface area (TPSA) is 21.3 Å². The van der Waals surface area contributed by atoms with E-state index in [2.05, 4.69) is 78.0 Å². The lowest BCUT2D eigenvalue weighted by Gasteiger charge is -2.31. The molecule has 1 unspecified atom stereocenters. The lowest BCUT2D eigenvalue weighted by Crippen LogP contribution is -2.44. The molecule has 0 bridgehead atoms. The van der Waals surface area contributed by atoms with Crippen molar-refractivity contribution in [3.63, 3.8) is 0 Å². The Morgan fingerprint density at radius 2 is 1.57 bits per heavy atom. The Morgan fingerprint density at radius 3 is 2.00 bits per heavy atom. The van der Waals surface area contributed by atoms with Crippen LogP contribution in [-0.2, 0) is 5.41 Å². The van der Waals surface area contributed by atoms with E-state index in [0.717, 1.165) is 18.7 Å². The molecule has 0 aromatic heterocycles. The molecule has 0 saturated heterocycles. The molecular formula is C19H33NO. The second kappa shape index (κ2) is 7.31. The summed E-state index contributed by atoms with van der Waals surface area (Å²) < 4.78 is 5.99. The Balaban J connectivity index is 2.68. The van der Waals surface area contributed by atoms with Crippen LogP contribution in [0.15, 0.2) is 24.3 Å². The number of ether oxygens (including phenoxy) is 1. The van der Waals surface area contributed by atoms with E-state index in [1.54, 1.807) is 0 Å². The predicted molar refractivity (Wildman–Crippen MR) is 92.2 cm³/mol. The molecule has 1 atom stereocenters. The van der Waals surface area contributed by atoms with E-state index in [0.29, 0.717) is 12.6 Å². The number of benzene rings is 1. The van der Waals surface area contributed by atoms with Gasteiger partial charge in [0.1, 0.15) is 12.4 Å². The Labute approximate surface area is 131 Å². The fourth-order valence-electron chi connectivity index (χ4n) is 2.25. The van der Waals surface area contributed by atoms with Gasteiger partial charge in [-0.05, 0) is 41.5 Å². The van der Waals surface area contributed by atoms with Gasteiger partial charge in [-0.25, -0.2) is 0 Å². The summed E-state index contributed by atoms with van der Waals surface area (Å²) in [6, 6.07) is 8.93. The number of rotatable bonds is 7. The zero-order valence-electron chi connectivity index (χ0n) is 14.9. The van der Waals surface area contributed by atoms with Crippen molar-refractivity contribution >= 4 is 0 Å². The van der Waals surface area contributed by atoms with E-state index in [-0.39, 0.29) is 10.8 Å². The summed E-state index contributed by atoms with van der Waals surface area (Å²) in [4.78, 5) is 0. The standard InChI is InChI=1S/C19H33NO/c1-8-19(6,7)15-10-12-16(13-11-15)21-14-17(20-9-2)18(3,4)5/h10-13,17,20H,8-9,14H2,1-7H3. The number of hydrogen-bond donors (Lipinski definition) is 1. The number of hydrogen-bond acceptors (Lipinski definition) is 2. The second-order valence-corrected chi connectivity index (χ2v) is 7.55. The van der Waals surface area contributed by atoms with Gasteiger partial charge in [0.2, 0.25) is 0 Å². The molecule has 0 aliphatic heterocycles. The lowest BCUT2D eigenvalue weighted by molar-refractivity contribution is 0.176. The van der Waals surface area contributed by atoms with Crippen LogP contribution in [0, 0.1) is 5.41 Å². The maximum atomic E-state index is 5.99. The quantitative estimate of drug-likeness (QED) is 0.781. The highest BCUT2D eigenvalue weighted by atomic mass is 16.5. The maximum absolute atomic E-state index is 5.99. The first-order valence-corrected chi connectivity index (χ1v) is 8.17. The predicted octanol–water partition coefficient (Wildman–Crippen LogP) is 4.78. The third-order valence-corrected chi connectivity index (χ3v) is 4.43. The smallest absolute Gasteiger partial charge is 0.119 e. The Hall–Kier alpha value is -1.02. The molecule has 1 aromatic rings. The number of nitrogens with one attached hydrogen (secondary N) is 1. The Bertz CT molecular complexity index is 414. The minimum Gasteiger partial charge on any atom is -0.492 e. The van der Waals surface area contributed by atoms with E-state index in [1.807, 2.05) is 0 Å². The number of likely N-dealkylation sites (N-methyl/N-ethyl adjacent to an activating group) is 1. The molecule has 1 N–H and O–H groups in total. The molecule has 0 spiro atoms. The first-order valence-electron chi connectivity index (χ1n) is 8.17. The van der Waals surface area contributed by atoms with Gasteiger partial charge in [-0.15, -0.1) is 0 Å². The van der Waals surface area contributed by atoms with Crippen LogP contribution in [0.1, 0.15) is 60.5 Å². The summed E-state index contributed by atoms with van der Waals surface area (Å²) in [5, 5.41) is 3.51. The van der Waals surface area contributed by atoms with Crippen molar-refractivity contribution in [2.45, 2.75) is 66.3 Å². The second-order valence-electron chi connectivity index (χ2n) is 7.55. The van der Waals surface area contributed by atoms with Crippen molar-refractivity contribution in [1.29, 1.82) is 0 Å². The van der Waals surface area contributed by atoms with Gasteiger partial charge in [-0.2, -0.15) is 0 Å². The molecule has 21 heavy (non-hydrogen) atoms. The van der Waals surface area contributed by atoms with Gasteiger partial charge in [0, 0.05) is 6.04 Å². The average molecular weight is 291 g/mol. The van der Waals surface area contributed by atoms with Crippen LogP contribution in [0.4, 0.5) is 0 Å². The van der Waals surface area contributed by atoms with Crippen molar-refractivity contribution in [2.75, 3.05) is 13.2 Å². The van der Waals surface area contributed by atoms with Crippen molar-refractivity contribution in [1.82, 2.24) is 5.32 Å². The lowest BCUT2D eigenvalue weighted by atomic mass is 9.82. The molecule has 1 aromatic carbocycles. The monoisotopic (exact) mass is 291 g/mol. The zero-order chi connectivity index (χ0) is 16.1. The molecule has 0 fully saturated rings. The normalized spacial score (nSPS) is 14.0. The molecule has 0 amide bonds. The summed E-state index contributed by atoms with van der Waals surface area (Å²) >= 11 is 0. The largest absolute Gasteiger partial charge is 0.492 e. The molecule has 2 nitrogen and oxygen atoms in total.